The summed E-state index contributed by atoms with van der Waals surface area (Å²) in [4.78, 5) is 14.2. The third-order valence-electron chi connectivity index (χ3n) is 3.68. The quantitative estimate of drug-likeness (QED) is 0.742. The molecule has 5 nitrogen and oxygen atoms in total. The number of nitriles is 1. The number of nitrogens with one attached hydrogen (secondary N) is 1. The Hall–Kier alpha value is -1.12. The molecule has 1 saturated heterocycles. The molecule has 0 saturated carbocycles. The second-order valence-corrected chi connectivity index (χ2v) is 5.97. The molecular formula is C14H26N4O. The van der Waals surface area contributed by atoms with E-state index in [1.165, 1.54) is 0 Å². The third kappa shape index (κ3) is 5.58. The molecule has 0 aromatic carbocycles. The first-order chi connectivity index (χ1) is 8.98. The van der Waals surface area contributed by atoms with Crippen LogP contribution in [0.15, 0.2) is 0 Å². The second-order valence-electron chi connectivity index (χ2n) is 5.97. The highest BCUT2D eigenvalue weighted by Gasteiger charge is 2.26. The maximum absolute atomic E-state index is 11.9. The number of likely N-dealkylation sites (tertiary alicyclic amines) is 1. The van der Waals surface area contributed by atoms with E-state index in [1.807, 2.05) is 13.8 Å². The molecule has 0 aliphatic carbocycles. The topological polar surface area (TPSA) is 82.2 Å². The number of rotatable bonds is 6. The molecule has 1 atom stereocenters. The van der Waals surface area contributed by atoms with Gasteiger partial charge in [0, 0.05) is 19.6 Å². The average Bonchev–Trinajstić information content (AvgIpc) is 2.43. The van der Waals surface area contributed by atoms with Gasteiger partial charge >= 0.3 is 0 Å². The average molecular weight is 266 g/mol. The molecule has 1 fully saturated rings. The maximum atomic E-state index is 11.9. The van der Waals surface area contributed by atoms with Gasteiger partial charge in [-0.05, 0) is 46.2 Å². The fourth-order valence-electron chi connectivity index (χ4n) is 2.31. The Bertz CT molecular complexity index is 335. The van der Waals surface area contributed by atoms with Crippen molar-refractivity contribution in [1.29, 1.82) is 5.26 Å². The minimum Gasteiger partial charge on any atom is -0.355 e. The Balaban J connectivity index is 2.38. The number of nitrogens with zero attached hydrogens (tertiary/aromatic N) is 2. The lowest BCUT2D eigenvalue weighted by molar-refractivity contribution is -0.126. The van der Waals surface area contributed by atoms with Gasteiger partial charge in [-0.2, -0.15) is 5.26 Å². The molecule has 1 aliphatic rings. The van der Waals surface area contributed by atoms with Gasteiger partial charge in [-0.15, -0.1) is 0 Å². The first-order valence-corrected chi connectivity index (χ1v) is 7.10. The van der Waals surface area contributed by atoms with Crippen LogP contribution in [0.5, 0.6) is 0 Å². The predicted octanol–water partition coefficient (Wildman–Crippen LogP) is 0.713. The van der Waals surface area contributed by atoms with Crippen LogP contribution in [0.2, 0.25) is 0 Å². The van der Waals surface area contributed by atoms with Gasteiger partial charge in [0.15, 0.2) is 0 Å². The van der Waals surface area contributed by atoms with Crippen molar-refractivity contribution in [2.45, 2.75) is 33.1 Å². The van der Waals surface area contributed by atoms with Gasteiger partial charge in [-0.25, -0.2) is 0 Å². The molecule has 0 spiro atoms. The standard InChI is InChI=1S/C14H26N4O/c1-14(2,11-16)5-9-18-8-3-4-12(10-18)13(19)17-7-6-15/h12H,3-10,15H2,1-2H3,(H,17,19). The summed E-state index contributed by atoms with van der Waals surface area (Å²) in [5, 5.41) is 11.9. The smallest absolute Gasteiger partial charge is 0.224 e. The number of carbonyl (C=O) groups excluding carboxylic acids is 1. The van der Waals surface area contributed by atoms with E-state index >= 15 is 0 Å². The fraction of sp³-hybridized carbons (Fsp3) is 0.857. The monoisotopic (exact) mass is 266 g/mol. The van der Waals surface area contributed by atoms with Crippen molar-refractivity contribution in [1.82, 2.24) is 10.2 Å². The van der Waals surface area contributed by atoms with Crippen molar-refractivity contribution < 1.29 is 4.79 Å². The highest BCUT2D eigenvalue weighted by molar-refractivity contribution is 5.78. The van der Waals surface area contributed by atoms with Gasteiger partial charge in [0.1, 0.15) is 0 Å². The molecule has 0 bridgehead atoms. The molecule has 0 aromatic heterocycles. The van der Waals surface area contributed by atoms with E-state index in [0.29, 0.717) is 13.1 Å². The third-order valence-corrected chi connectivity index (χ3v) is 3.68. The van der Waals surface area contributed by atoms with E-state index in [0.717, 1.165) is 38.9 Å². The molecule has 19 heavy (non-hydrogen) atoms. The number of hydrogen-bond acceptors (Lipinski definition) is 4. The molecule has 5 heteroatoms. The largest absolute Gasteiger partial charge is 0.355 e. The predicted molar refractivity (Wildman–Crippen MR) is 75.2 cm³/mol. The lowest BCUT2D eigenvalue weighted by Gasteiger charge is -2.33. The number of amides is 1. The van der Waals surface area contributed by atoms with Gasteiger partial charge in [0.2, 0.25) is 5.91 Å². The number of carbonyl (C=O) groups is 1. The van der Waals surface area contributed by atoms with Crippen molar-refractivity contribution in [3.8, 4) is 6.07 Å². The zero-order chi connectivity index (χ0) is 14.3. The van der Waals surface area contributed by atoms with Crippen LogP contribution < -0.4 is 11.1 Å². The van der Waals surface area contributed by atoms with Crippen LogP contribution in [0.3, 0.4) is 0 Å². The van der Waals surface area contributed by atoms with E-state index < -0.39 is 0 Å². The summed E-state index contributed by atoms with van der Waals surface area (Å²) in [5.41, 5.74) is 5.11. The molecule has 108 valence electrons. The lowest BCUT2D eigenvalue weighted by atomic mass is 9.90. The van der Waals surface area contributed by atoms with Crippen LogP contribution in [0, 0.1) is 22.7 Å². The van der Waals surface area contributed by atoms with Crippen molar-refractivity contribution in [3.63, 3.8) is 0 Å². The van der Waals surface area contributed by atoms with Crippen LogP contribution in [-0.4, -0.2) is 43.5 Å². The summed E-state index contributed by atoms with van der Waals surface area (Å²) < 4.78 is 0. The first-order valence-electron chi connectivity index (χ1n) is 7.10. The Morgan fingerprint density at radius 3 is 2.95 bits per heavy atom. The van der Waals surface area contributed by atoms with Crippen LogP contribution in [-0.2, 0) is 4.79 Å². The minimum absolute atomic E-state index is 0.0745. The number of hydrogen-bond donors (Lipinski definition) is 2. The normalized spacial score (nSPS) is 20.8. The fourth-order valence-corrected chi connectivity index (χ4v) is 2.31. The Morgan fingerprint density at radius 2 is 2.32 bits per heavy atom. The highest BCUT2D eigenvalue weighted by atomic mass is 16.1. The Kier molecular flexibility index (Phi) is 6.26. The molecule has 1 amide bonds. The van der Waals surface area contributed by atoms with Crippen molar-refractivity contribution >= 4 is 5.91 Å². The summed E-state index contributed by atoms with van der Waals surface area (Å²) in [6, 6.07) is 2.32. The molecule has 1 heterocycles. The molecule has 3 N–H and O–H groups in total. The summed E-state index contributed by atoms with van der Waals surface area (Å²) >= 11 is 0. The summed E-state index contributed by atoms with van der Waals surface area (Å²) in [5.74, 6) is 0.195. The van der Waals surface area contributed by atoms with E-state index in [9.17, 15) is 4.79 Å². The molecular weight excluding hydrogens is 240 g/mol. The SMILES string of the molecule is CC(C)(C#N)CCN1CCCC(C(=O)NCCN)C1. The zero-order valence-corrected chi connectivity index (χ0v) is 12.1. The van der Waals surface area contributed by atoms with E-state index in [2.05, 4.69) is 16.3 Å². The summed E-state index contributed by atoms with van der Waals surface area (Å²) in [7, 11) is 0. The number of piperidine rings is 1. The van der Waals surface area contributed by atoms with Crippen LogP contribution in [0.1, 0.15) is 33.1 Å². The van der Waals surface area contributed by atoms with E-state index in [4.69, 9.17) is 11.0 Å². The molecule has 0 radical (unpaired) electrons. The minimum atomic E-state index is -0.283. The molecule has 1 rings (SSSR count). The summed E-state index contributed by atoms with van der Waals surface area (Å²) in [6.07, 6.45) is 2.85. The molecule has 1 aliphatic heterocycles. The van der Waals surface area contributed by atoms with Crippen LogP contribution >= 0.6 is 0 Å². The van der Waals surface area contributed by atoms with Gasteiger partial charge in [-0.3, -0.25) is 4.79 Å². The lowest BCUT2D eigenvalue weighted by Crippen LogP contribution is -2.44. The molecule has 0 aromatic rings. The zero-order valence-electron chi connectivity index (χ0n) is 12.1. The number of nitrogens with two attached hydrogens (primary N) is 1. The van der Waals surface area contributed by atoms with Crippen LogP contribution in [0.25, 0.3) is 0 Å². The first kappa shape index (κ1) is 15.9. The Morgan fingerprint density at radius 1 is 1.58 bits per heavy atom. The summed E-state index contributed by atoms with van der Waals surface area (Å²) in [6.45, 7) is 7.68. The Labute approximate surface area is 116 Å². The van der Waals surface area contributed by atoms with E-state index in [1.54, 1.807) is 0 Å². The van der Waals surface area contributed by atoms with Gasteiger partial charge in [-0.1, -0.05) is 0 Å². The van der Waals surface area contributed by atoms with Gasteiger partial charge in [0.05, 0.1) is 17.4 Å². The van der Waals surface area contributed by atoms with Gasteiger partial charge < -0.3 is 16.0 Å². The van der Waals surface area contributed by atoms with E-state index in [-0.39, 0.29) is 17.2 Å². The van der Waals surface area contributed by atoms with Crippen molar-refractivity contribution in [2.75, 3.05) is 32.7 Å². The van der Waals surface area contributed by atoms with Crippen LogP contribution in [0.4, 0.5) is 0 Å². The van der Waals surface area contributed by atoms with Gasteiger partial charge in [0.25, 0.3) is 0 Å². The van der Waals surface area contributed by atoms with Crippen molar-refractivity contribution in [2.24, 2.45) is 17.1 Å². The highest BCUT2D eigenvalue weighted by Crippen LogP contribution is 2.22. The van der Waals surface area contributed by atoms with Crippen molar-refractivity contribution in [3.05, 3.63) is 0 Å². The second kappa shape index (κ2) is 7.46. The molecule has 1 unspecified atom stereocenters. The maximum Gasteiger partial charge on any atom is 0.224 e.